The molecule has 0 aromatic rings. The van der Waals surface area contributed by atoms with Crippen LogP contribution in [0.3, 0.4) is 0 Å². The molecule has 0 bridgehead atoms. The first-order valence-corrected chi connectivity index (χ1v) is 6.42. The molecule has 16 heavy (non-hydrogen) atoms. The Morgan fingerprint density at radius 1 is 1.56 bits per heavy atom. The normalized spacial score (nSPS) is 25.8. The van der Waals surface area contributed by atoms with Crippen molar-refractivity contribution in [1.82, 2.24) is 4.90 Å². The van der Waals surface area contributed by atoms with Crippen LogP contribution < -0.4 is 0 Å². The van der Waals surface area contributed by atoms with Crippen molar-refractivity contribution in [2.45, 2.75) is 24.4 Å². The zero-order valence-electron chi connectivity index (χ0n) is 9.74. The molecule has 0 saturated heterocycles. The summed E-state index contributed by atoms with van der Waals surface area (Å²) in [4.78, 5) is 1.98. The zero-order chi connectivity index (χ0) is 12.2. The van der Waals surface area contributed by atoms with Crippen LogP contribution in [0.5, 0.6) is 0 Å². The lowest BCUT2D eigenvalue weighted by Crippen LogP contribution is -2.50. The van der Waals surface area contributed by atoms with Crippen molar-refractivity contribution in [3.05, 3.63) is 24.3 Å². The highest BCUT2D eigenvalue weighted by Gasteiger charge is 2.40. The summed E-state index contributed by atoms with van der Waals surface area (Å²) in [5, 5.41) is 9.15. The monoisotopic (exact) mass is 263 g/mol. The number of halogens is 2. The van der Waals surface area contributed by atoms with Crippen molar-refractivity contribution >= 4 is 23.2 Å². The first kappa shape index (κ1) is 14.0. The van der Waals surface area contributed by atoms with Crippen molar-refractivity contribution in [3.63, 3.8) is 0 Å². The zero-order valence-corrected chi connectivity index (χ0v) is 11.2. The van der Waals surface area contributed by atoms with E-state index in [1.54, 1.807) is 0 Å². The molecule has 1 unspecified atom stereocenters. The van der Waals surface area contributed by atoms with Crippen LogP contribution in [0.1, 0.15) is 13.3 Å². The van der Waals surface area contributed by atoms with E-state index in [4.69, 9.17) is 23.2 Å². The minimum absolute atomic E-state index is 0.0491. The molecule has 0 aromatic carbocycles. The third kappa shape index (κ3) is 3.24. The molecule has 0 aliphatic heterocycles. The van der Waals surface area contributed by atoms with Crippen LogP contribution >= 0.6 is 23.2 Å². The third-order valence-electron chi connectivity index (χ3n) is 3.18. The minimum Gasteiger partial charge on any atom is -0.373 e. The van der Waals surface area contributed by atoms with Crippen molar-refractivity contribution in [3.8, 4) is 0 Å². The van der Waals surface area contributed by atoms with Gasteiger partial charge in [0, 0.05) is 18.3 Å². The molecule has 0 fully saturated rings. The van der Waals surface area contributed by atoms with Crippen molar-refractivity contribution in [1.29, 1.82) is 0 Å². The maximum absolute atomic E-state index is 10.4. The Bertz CT molecular complexity index is 276. The van der Waals surface area contributed by atoms with Gasteiger partial charge in [-0.15, -0.1) is 11.6 Å². The van der Waals surface area contributed by atoms with E-state index in [0.717, 1.165) is 6.42 Å². The minimum atomic E-state index is -1.25. The maximum atomic E-state index is 10.4. The molecule has 4 heteroatoms. The topological polar surface area (TPSA) is 23.5 Å². The fourth-order valence-corrected chi connectivity index (χ4v) is 2.42. The van der Waals surface area contributed by atoms with E-state index >= 15 is 0 Å². The van der Waals surface area contributed by atoms with Gasteiger partial charge in [-0.05, 0) is 20.4 Å². The summed E-state index contributed by atoms with van der Waals surface area (Å²) in [7, 11) is 1.92. The molecule has 1 N–H and O–H groups in total. The largest absolute Gasteiger partial charge is 0.373 e. The Morgan fingerprint density at radius 3 is 2.75 bits per heavy atom. The summed E-state index contributed by atoms with van der Waals surface area (Å²) in [5.74, 6) is 0.487. The smallest absolute Gasteiger partial charge is 0.160 e. The molecule has 1 aliphatic carbocycles. The predicted molar refractivity (Wildman–Crippen MR) is 70.0 cm³/mol. The second kappa shape index (κ2) is 6.06. The lowest BCUT2D eigenvalue weighted by Gasteiger charge is -2.39. The summed E-state index contributed by atoms with van der Waals surface area (Å²) < 4.78 is 0. The van der Waals surface area contributed by atoms with Crippen LogP contribution in [0.15, 0.2) is 24.3 Å². The van der Waals surface area contributed by atoms with E-state index in [9.17, 15) is 5.11 Å². The van der Waals surface area contributed by atoms with Crippen molar-refractivity contribution in [2.75, 3.05) is 19.5 Å². The number of aliphatic hydroxyl groups is 1. The standard InChI is InChI=1S/C12H19Cl2NO/c1-10(15(2)9-8-13)12(14,16)11-6-4-3-5-7-11/h3-6,10-11,16H,7-9H2,1-2H3/t10-,11?,12+/m0/s1. The van der Waals surface area contributed by atoms with Gasteiger partial charge in [-0.2, -0.15) is 0 Å². The van der Waals surface area contributed by atoms with Gasteiger partial charge >= 0.3 is 0 Å². The molecule has 2 nitrogen and oxygen atoms in total. The fraction of sp³-hybridized carbons (Fsp3) is 0.667. The van der Waals surface area contributed by atoms with E-state index in [0.29, 0.717) is 12.4 Å². The summed E-state index contributed by atoms with van der Waals surface area (Å²) in [6, 6.07) is -0.144. The van der Waals surface area contributed by atoms with Crippen molar-refractivity contribution in [2.24, 2.45) is 5.92 Å². The van der Waals surface area contributed by atoms with Crippen LogP contribution in [-0.4, -0.2) is 40.6 Å². The van der Waals surface area contributed by atoms with Gasteiger partial charge in [-0.25, -0.2) is 0 Å². The van der Waals surface area contributed by atoms with Gasteiger partial charge in [-0.1, -0.05) is 35.9 Å². The second-order valence-electron chi connectivity index (χ2n) is 4.23. The van der Waals surface area contributed by atoms with Gasteiger partial charge in [-0.3, -0.25) is 4.90 Å². The van der Waals surface area contributed by atoms with Crippen LogP contribution in [0, 0.1) is 5.92 Å². The first-order chi connectivity index (χ1) is 7.50. The number of rotatable bonds is 5. The SMILES string of the molecule is C[C@H](N(C)CCCl)[C@](O)(Cl)C1C=CC=CC1. The van der Waals surface area contributed by atoms with Gasteiger partial charge in [0.15, 0.2) is 5.06 Å². The Balaban J connectivity index is 2.68. The van der Waals surface area contributed by atoms with Gasteiger partial charge in [0.2, 0.25) is 0 Å². The quantitative estimate of drug-likeness (QED) is 0.771. The average molecular weight is 264 g/mol. The van der Waals surface area contributed by atoms with Gasteiger partial charge in [0.1, 0.15) is 0 Å². The molecule has 92 valence electrons. The fourth-order valence-electron chi connectivity index (χ4n) is 1.83. The molecule has 0 saturated carbocycles. The van der Waals surface area contributed by atoms with E-state index in [-0.39, 0.29) is 12.0 Å². The highest BCUT2D eigenvalue weighted by molar-refractivity contribution is 6.23. The van der Waals surface area contributed by atoms with Gasteiger partial charge in [0.25, 0.3) is 0 Å². The molecular weight excluding hydrogens is 245 g/mol. The summed E-state index contributed by atoms with van der Waals surface area (Å²) in [6.45, 7) is 2.63. The Morgan fingerprint density at radius 2 is 2.25 bits per heavy atom. The Kier molecular flexibility index (Phi) is 5.32. The predicted octanol–water partition coefficient (Wildman–Crippen LogP) is 2.61. The van der Waals surface area contributed by atoms with Gasteiger partial charge < -0.3 is 5.11 Å². The first-order valence-electron chi connectivity index (χ1n) is 5.51. The number of allylic oxidation sites excluding steroid dienone is 3. The van der Waals surface area contributed by atoms with Crippen LogP contribution in [0.4, 0.5) is 0 Å². The molecule has 0 spiro atoms. The number of alkyl halides is 2. The molecule has 0 radical (unpaired) electrons. The maximum Gasteiger partial charge on any atom is 0.160 e. The molecule has 1 aliphatic rings. The summed E-state index contributed by atoms with van der Waals surface area (Å²) >= 11 is 12.0. The number of hydrogen-bond acceptors (Lipinski definition) is 2. The van der Waals surface area contributed by atoms with Crippen LogP contribution in [0.25, 0.3) is 0 Å². The average Bonchev–Trinajstić information content (AvgIpc) is 2.29. The molecule has 0 heterocycles. The second-order valence-corrected chi connectivity index (χ2v) is 5.21. The van der Waals surface area contributed by atoms with E-state index in [1.165, 1.54) is 0 Å². The number of likely N-dealkylation sites (N-methyl/N-ethyl adjacent to an activating group) is 1. The van der Waals surface area contributed by atoms with Crippen LogP contribution in [0.2, 0.25) is 0 Å². The molecule has 3 atom stereocenters. The molecular formula is C12H19Cl2NO. The Hall–Kier alpha value is -0.0200. The molecule has 1 rings (SSSR count). The molecule has 0 aromatic heterocycles. The summed E-state index contributed by atoms with van der Waals surface area (Å²) in [5.41, 5.74) is 0. The van der Waals surface area contributed by atoms with E-state index in [2.05, 4.69) is 0 Å². The highest BCUT2D eigenvalue weighted by atomic mass is 35.5. The lowest BCUT2D eigenvalue weighted by atomic mass is 9.89. The van der Waals surface area contributed by atoms with E-state index in [1.807, 2.05) is 43.2 Å². The molecule has 0 amide bonds. The number of hydrogen-bond donors (Lipinski definition) is 1. The summed E-state index contributed by atoms with van der Waals surface area (Å²) in [6.07, 6.45) is 8.65. The van der Waals surface area contributed by atoms with Crippen molar-refractivity contribution < 1.29 is 5.11 Å². The highest BCUT2D eigenvalue weighted by Crippen LogP contribution is 2.34. The van der Waals surface area contributed by atoms with E-state index < -0.39 is 5.06 Å². The Labute approximate surface area is 108 Å². The number of nitrogens with zero attached hydrogens (tertiary/aromatic N) is 1. The third-order valence-corrected chi connectivity index (χ3v) is 3.95. The van der Waals surface area contributed by atoms with Gasteiger partial charge in [0.05, 0.1) is 6.04 Å². The van der Waals surface area contributed by atoms with Crippen LogP contribution in [-0.2, 0) is 0 Å². The lowest BCUT2D eigenvalue weighted by molar-refractivity contribution is 0.00740.